The van der Waals surface area contributed by atoms with E-state index in [1.807, 2.05) is 6.07 Å². The van der Waals surface area contributed by atoms with E-state index in [2.05, 4.69) is 4.98 Å². The van der Waals surface area contributed by atoms with Crippen LogP contribution in [0.5, 0.6) is 0 Å². The van der Waals surface area contributed by atoms with E-state index in [1.165, 1.54) is 17.0 Å². The molecular weight excluding hydrogens is 261 g/mol. The summed E-state index contributed by atoms with van der Waals surface area (Å²) in [6.07, 6.45) is 0.273. The third kappa shape index (κ3) is 3.58. The largest absolute Gasteiger partial charge is 0.338 e. The lowest BCUT2D eigenvalue weighted by atomic mass is 10.2. The van der Waals surface area contributed by atoms with Crippen LogP contribution in [0.3, 0.4) is 0 Å². The molecule has 17 heavy (non-hydrogen) atoms. The number of rotatable bonds is 3. The number of hydrogen-bond acceptors (Lipinski definition) is 3. The minimum Gasteiger partial charge on any atom is -0.338 e. The van der Waals surface area contributed by atoms with Gasteiger partial charge in [0, 0.05) is 18.7 Å². The standard InChI is InChI=1S/C11H11Cl2N3O/c1-7(3-4-14)16(2)11(17)8-5-9(12)15-10(13)6-8/h5-7H,3H2,1-2H3. The molecule has 0 saturated carbocycles. The van der Waals surface area contributed by atoms with Gasteiger partial charge in [0.05, 0.1) is 12.5 Å². The SMILES string of the molecule is CC(CC#N)N(C)C(=O)c1cc(Cl)nc(Cl)c1. The Balaban J connectivity index is 2.93. The Labute approximate surface area is 110 Å². The quantitative estimate of drug-likeness (QED) is 0.795. The molecule has 90 valence electrons. The normalized spacial score (nSPS) is 11.7. The summed E-state index contributed by atoms with van der Waals surface area (Å²) in [6.45, 7) is 1.80. The fourth-order valence-corrected chi connectivity index (χ4v) is 1.72. The van der Waals surface area contributed by atoms with Crippen molar-refractivity contribution in [1.82, 2.24) is 9.88 Å². The van der Waals surface area contributed by atoms with Crippen molar-refractivity contribution in [2.75, 3.05) is 7.05 Å². The van der Waals surface area contributed by atoms with Gasteiger partial charge in [-0.1, -0.05) is 23.2 Å². The van der Waals surface area contributed by atoms with Crippen molar-refractivity contribution in [2.45, 2.75) is 19.4 Å². The molecule has 1 amide bonds. The fraction of sp³-hybridized carbons (Fsp3) is 0.364. The average molecular weight is 272 g/mol. The van der Waals surface area contributed by atoms with Crippen LogP contribution in [0.15, 0.2) is 12.1 Å². The number of hydrogen-bond donors (Lipinski definition) is 0. The Kier molecular flexibility index (Phi) is 4.73. The minimum atomic E-state index is -0.237. The zero-order valence-corrected chi connectivity index (χ0v) is 11.0. The van der Waals surface area contributed by atoms with Crippen LogP contribution >= 0.6 is 23.2 Å². The molecule has 0 saturated heterocycles. The second-order valence-electron chi connectivity index (χ2n) is 3.63. The molecule has 1 heterocycles. The maximum atomic E-state index is 12.0. The summed E-state index contributed by atoms with van der Waals surface area (Å²) in [5.41, 5.74) is 0.363. The monoisotopic (exact) mass is 271 g/mol. The summed E-state index contributed by atoms with van der Waals surface area (Å²) in [5, 5.41) is 8.92. The van der Waals surface area contributed by atoms with Crippen molar-refractivity contribution in [1.29, 1.82) is 5.26 Å². The Morgan fingerprint density at radius 1 is 1.53 bits per heavy atom. The Morgan fingerprint density at radius 3 is 2.53 bits per heavy atom. The lowest BCUT2D eigenvalue weighted by Gasteiger charge is -2.23. The zero-order chi connectivity index (χ0) is 13.0. The average Bonchev–Trinajstić information content (AvgIpc) is 2.26. The zero-order valence-electron chi connectivity index (χ0n) is 9.44. The topological polar surface area (TPSA) is 57.0 Å². The Bertz CT molecular complexity index is 450. The van der Waals surface area contributed by atoms with Crippen LogP contribution in [-0.4, -0.2) is 28.9 Å². The molecule has 4 nitrogen and oxygen atoms in total. The highest BCUT2D eigenvalue weighted by Crippen LogP contribution is 2.17. The summed E-state index contributed by atoms with van der Waals surface area (Å²) in [5.74, 6) is -0.237. The van der Waals surface area contributed by atoms with Gasteiger partial charge in [0.1, 0.15) is 10.3 Å². The molecule has 0 radical (unpaired) electrons. The van der Waals surface area contributed by atoms with Crippen LogP contribution in [0.1, 0.15) is 23.7 Å². The maximum Gasteiger partial charge on any atom is 0.254 e. The summed E-state index contributed by atoms with van der Waals surface area (Å²) >= 11 is 11.4. The van der Waals surface area contributed by atoms with E-state index in [0.717, 1.165) is 0 Å². The maximum absolute atomic E-state index is 12.0. The first-order valence-corrected chi connectivity index (χ1v) is 5.68. The van der Waals surface area contributed by atoms with Gasteiger partial charge in [-0.3, -0.25) is 4.79 Å². The van der Waals surface area contributed by atoms with Crippen molar-refractivity contribution >= 4 is 29.1 Å². The van der Waals surface area contributed by atoms with Crippen LogP contribution in [-0.2, 0) is 0 Å². The number of carbonyl (C=O) groups is 1. The number of carbonyl (C=O) groups excluding carboxylic acids is 1. The van der Waals surface area contributed by atoms with Gasteiger partial charge < -0.3 is 4.90 Å². The lowest BCUT2D eigenvalue weighted by Crippen LogP contribution is -2.34. The molecule has 0 aliphatic carbocycles. The molecule has 6 heteroatoms. The predicted molar refractivity (Wildman–Crippen MR) is 66.0 cm³/mol. The molecule has 1 unspecified atom stereocenters. The minimum absolute atomic E-state index is 0.168. The summed E-state index contributed by atoms with van der Waals surface area (Å²) < 4.78 is 0. The second-order valence-corrected chi connectivity index (χ2v) is 4.40. The van der Waals surface area contributed by atoms with E-state index in [-0.39, 0.29) is 28.7 Å². The van der Waals surface area contributed by atoms with Crippen molar-refractivity contribution < 1.29 is 4.79 Å². The third-order valence-electron chi connectivity index (χ3n) is 2.38. The first-order valence-electron chi connectivity index (χ1n) is 4.93. The highest BCUT2D eigenvalue weighted by atomic mass is 35.5. The van der Waals surface area contributed by atoms with Crippen molar-refractivity contribution in [3.63, 3.8) is 0 Å². The molecule has 0 fully saturated rings. The third-order valence-corrected chi connectivity index (χ3v) is 2.77. The fourth-order valence-electron chi connectivity index (χ4n) is 1.26. The van der Waals surface area contributed by atoms with Crippen molar-refractivity contribution in [3.05, 3.63) is 28.0 Å². The number of nitrogens with zero attached hydrogens (tertiary/aromatic N) is 3. The molecular formula is C11H11Cl2N3O. The van der Waals surface area contributed by atoms with Crippen LogP contribution in [0.2, 0.25) is 10.3 Å². The van der Waals surface area contributed by atoms with E-state index < -0.39 is 0 Å². The van der Waals surface area contributed by atoms with Gasteiger partial charge in [0.15, 0.2) is 0 Å². The molecule has 0 aliphatic rings. The van der Waals surface area contributed by atoms with Gasteiger partial charge >= 0.3 is 0 Å². The van der Waals surface area contributed by atoms with Crippen molar-refractivity contribution in [3.8, 4) is 6.07 Å². The highest BCUT2D eigenvalue weighted by Gasteiger charge is 2.18. The molecule has 0 N–H and O–H groups in total. The molecule has 0 aromatic carbocycles. The first-order chi connectivity index (χ1) is 7.95. The van der Waals surface area contributed by atoms with E-state index in [4.69, 9.17) is 28.5 Å². The summed E-state index contributed by atoms with van der Waals surface area (Å²) in [6, 6.07) is 4.75. The summed E-state index contributed by atoms with van der Waals surface area (Å²) in [7, 11) is 1.63. The summed E-state index contributed by atoms with van der Waals surface area (Å²) in [4.78, 5) is 17.3. The number of amides is 1. The van der Waals surface area contributed by atoms with Crippen molar-refractivity contribution in [2.24, 2.45) is 0 Å². The van der Waals surface area contributed by atoms with Crippen LogP contribution < -0.4 is 0 Å². The molecule has 0 bridgehead atoms. The van der Waals surface area contributed by atoms with Gasteiger partial charge in [-0.05, 0) is 19.1 Å². The molecule has 0 spiro atoms. The van der Waals surface area contributed by atoms with E-state index in [0.29, 0.717) is 5.56 Å². The Hall–Kier alpha value is -1.31. The molecule has 1 aromatic heterocycles. The van der Waals surface area contributed by atoms with Gasteiger partial charge in [-0.2, -0.15) is 5.26 Å². The number of pyridine rings is 1. The highest BCUT2D eigenvalue weighted by molar-refractivity contribution is 6.33. The molecule has 0 aliphatic heterocycles. The van der Waals surface area contributed by atoms with Crippen LogP contribution in [0, 0.1) is 11.3 Å². The second kappa shape index (κ2) is 5.85. The van der Waals surface area contributed by atoms with Crippen LogP contribution in [0.25, 0.3) is 0 Å². The van der Waals surface area contributed by atoms with Gasteiger partial charge in [0.2, 0.25) is 0 Å². The van der Waals surface area contributed by atoms with E-state index in [1.54, 1.807) is 14.0 Å². The van der Waals surface area contributed by atoms with Gasteiger partial charge in [-0.15, -0.1) is 0 Å². The van der Waals surface area contributed by atoms with Crippen LogP contribution in [0.4, 0.5) is 0 Å². The first kappa shape index (κ1) is 13.8. The number of aromatic nitrogens is 1. The molecule has 1 atom stereocenters. The number of nitriles is 1. The smallest absolute Gasteiger partial charge is 0.254 e. The predicted octanol–water partition coefficient (Wildman–Crippen LogP) is 2.76. The van der Waals surface area contributed by atoms with E-state index in [9.17, 15) is 4.79 Å². The molecule has 1 rings (SSSR count). The molecule has 1 aromatic rings. The van der Waals surface area contributed by atoms with Gasteiger partial charge in [0.25, 0.3) is 5.91 Å². The van der Waals surface area contributed by atoms with Gasteiger partial charge in [-0.25, -0.2) is 4.98 Å². The Morgan fingerprint density at radius 2 is 2.06 bits per heavy atom. The lowest BCUT2D eigenvalue weighted by molar-refractivity contribution is 0.0746. The number of halogens is 2. The van der Waals surface area contributed by atoms with E-state index >= 15 is 0 Å².